The highest BCUT2D eigenvalue weighted by atomic mass is 32.2. The Morgan fingerprint density at radius 1 is 1.12 bits per heavy atom. The van der Waals surface area contributed by atoms with Crippen LogP contribution in [0, 0.1) is 0 Å². The molecule has 1 atom stereocenters. The smallest absolute Gasteiger partial charge is 0.213 e. The van der Waals surface area contributed by atoms with Gasteiger partial charge in [0, 0.05) is 18.9 Å². The minimum Gasteiger partial charge on any atom is -0.481 e. The SMILES string of the molecule is COc1ccc(-n2cnnc2SC[C@H](OC)c2ccccc2)cn1. The molecular weight excluding hydrogens is 324 g/mol. The summed E-state index contributed by atoms with van der Waals surface area (Å²) in [6.45, 7) is 0. The molecule has 0 spiro atoms. The summed E-state index contributed by atoms with van der Waals surface area (Å²) >= 11 is 1.59. The fourth-order valence-electron chi connectivity index (χ4n) is 2.25. The van der Waals surface area contributed by atoms with Crippen molar-refractivity contribution in [3.8, 4) is 11.6 Å². The molecule has 0 saturated heterocycles. The van der Waals surface area contributed by atoms with Crippen molar-refractivity contribution in [3.05, 3.63) is 60.6 Å². The standard InChI is InChI=1S/C17H18N4O2S/c1-22-15(13-6-4-3-5-7-13)11-24-17-20-19-12-21(17)14-8-9-16(23-2)18-10-14/h3-10,12,15H,11H2,1-2H3/t15-/m0/s1. The summed E-state index contributed by atoms with van der Waals surface area (Å²) < 4.78 is 12.6. The molecule has 0 saturated carbocycles. The van der Waals surface area contributed by atoms with Crippen molar-refractivity contribution >= 4 is 11.8 Å². The Bertz CT molecular complexity index is 762. The van der Waals surface area contributed by atoms with Crippen molar-refractivity contribution in [3.63, 3.8) is 0 Å². The summed E-state index contributed by atoms with van der Waals surface area (Å²) in [5.41, 5.74) is 2.03. The quantitative estimate of drug-likeness (QED) is 0.615. The zero-order valence-corrected chi connectivity index (χ0v) is 14.3. The Labute approximate surface area is 144 Å². The van der Waals surface area contributed by atoms with Gasteiger partial charge in [-0.3, -0.25) is 4.57 Å². The fraction of sp³-hybridized carbons (Fsp3) is 0.235. The molecule has 0 aliphatic heterocycles. The van der Waals surface area contributed by atoms with Crippen LogP contribution in [0.5, 0.6) is 5.88 Å². The number of hydrogen-bond acceptors (Lipinski definition) is 6. The Morgan fingerprint density at radius 3 is 2.62 bits per heavy atom. The van der Waals surface area contributed by atoms with Crippen LogP contribution in [0.1, 0.15) is 11.7 Å². The maximum atomic E-state index is 5.60. The summed E-state index contributed by atoms with van der Waals surface area (Å²) in [6.07, 6.45) is 3.41. The predicted octanol–water partition coefficient (Wildman–Crippen LogP) is 3.15. The second kappa shape index (κ2) is 7.94. The number of thioether (sulfide) groups is 1. The van der Waals surface area contributed by atoms with Crippen molar-refractivity contribution in [2.45, 2.75) is 11.3 Å². The molecule has 7 heteroatoms. The molecule has 0 bridgehead atoms. The summed E-state index contributed by atoms with van der Waals surface area (Å²) in [5.74, 6) is 1.31. The van der Waals surface area contributed by atoms with Crippen molar-refractivity contribution in [1.82, 2.24) is 19.7 Å². The van der Waals surface area contributed by atoms with Crippen molar-refractivity contribution in [2.75, 3.05) is 20.0 Å². The van der Waals surface area contributed by atoms with Crippen LogP contribution in [0.2, 0.25) is 0 Å². The van der Waals surface area contributed by atoms with Gasteiger partial charge in [0.1, 0.15) is 6.33 Å². The maximum absolute atomic E-state index is 5.60. The van der Waals surface area contributed by atoms with Gasteiger partial charge < -0.3 is 9.47 Å². The van der Waals surface area contributed by atoms with E-state index >= 15 is 0 Å². The molecule has 0 amide bonds. The molecular formula is C17H18N4O2S. The highest BCUT2D eigenvalue weighted by molar-refractivity contribution is 7.99. The van der Waals surface area contributed by atoms with Gasteiger partial charge in [-0.15, -0.1) is 10.2 Å². The number of nitrogens with zero attached hydrogens (tertiary/aromatic N) is 4. The van der Waals surface area contributed by atoms with E-state index in [1.165, 1.54) is 0 Å². The van der Waals surface area contributed by atoms with Crippen molar-refractivity contribution < 1.29 is 9.47 Å². The lowest BCUT2D eigenvalue weighted by molar-refractivity contribution is 0.123. The highest BCUT2D eigenvalue weighted by Gasteiger charge is 2.14. The molecule has 0 aliphatic carbocycles. The number of hydrogen-bond donors (Lipinski definition) is 0. The monoisotopic (exact) mass is 342 g/mol. The Morgan fingerprint density at radius 2 is 1.96 bits per heavy atom. The minimum atomic E-state index is -0.00431. The van der Waals surface area contributed by atoms with E-state index in [9.17, 15) is 0 Å². The molecule has 2 heterocycles. The molecule has 124 valence electrons. The second-order valence-electron chi connectivity index (χ2n) is 4.99. The van der Waals surface area contributed by atoms with Crippen LogP contribution in [0.4, 0.5) is 0 Å². The molecule has 1 aromatic carbocycles. The van der Waals surface area contributed by atoms with Crippen molar-refractivity contribution in [1.29, 1.82) is 0 Å². The molecule has 6 nitrogen and oxygen atoms in total. The van der Waals surface area contributed by atoms with Gasteiger partial charge >= 0.3 is 0 Å². The number of aromatic nitrogens is 4. The normalized spacial score (nSPS) is 12.1. The van der Waals surface area contributed by atoms with Crippen LogP contribution in [0.3, 0.4) is 0 Å². The predicted molar refractivity (Wildman–Crippen MR) is 92.6 cm³/mol. The minimum absolute atomic E-state index is 0.00431. The summed E-state index contributed by atoms with van der Waals surface area (Å²) in [6, 6.07) is 13.9. The third-order valence-corrected chi connectivity index (χ3v) is 4.55. The van der Waals surface area contributed by atoms with Crippen LogP contribution in [-0.4, -0.2) is 39.7 Å². The van der Waals surface area contributed by atoms with Gasteiger partial charge in [0.05, 0.1) is 25.1 Å². The molecule has 0 N–H and O–H groups in total. The van der Waals surface area contributed by atoms with Crippen LogP contribution in [0.15, 0.2) is 60.1 Å². The average molecular weight is 342 g/mol. The van der Waals surface area contributed by atoms with E-state index in [4.69, 9.17) is 9.47 Å². The second-order valence-corrected chi connectivity index (χ2v) is 5.98. The first-order chi connectivity index (χ1) is 11.8. The first kappa shape index (κ1) is 16.5. The molecule has 0 fully saturated rings. The zero-order chi connectivity index (χ0) is 16.8. The lowest BCUT2D eigenvalue weighted by atomic mass is 10.1. The van der Waals surface area contributed by atoms with Crippen LogP contribution < -0.4 is 4.74 Å². The van der Waals surface area contributed by atoms with Gasteiger partial charge in [-0.05, 0) is 11.6 Å². The van der Waals surface area contributed by atoms with Crippen LogP contribution in [-0.2, 0) is 4.74 Å². The molecule has 0 unspecified atom stereocenters. The van der Waals surface area contributed by atoms with Gasteiger partial charge in [0.2, 0.25) is 5.88 Å². The average Bonchev–Trinajstić information content (AvgIpc) is 3.12. The van der Waals surface area contributed by atoms with E-state index < -0.39 is 0 Å². The van der Waals surface area contributed by atoms with E-state index in [1.807, 2.05) is 34.9 Å². The molecule has 3 aromatic rings. The first-order valence-corrected chi connectivity index (χ1v) is 8.41. The van der Waals surface area contributed by atoms with Crippen LogP contribution >= 0.6 is 11.8 Å². The van der Waals surface area contributed by atoms with Crippen molar-refractivity contribution in [2.24, 2.45) is 0 Å². The number of ether oxygens (including phenoxy) is 2. The number of pyridine rings is 1. The third kappa shape index (κ3) is 3.74. The Kier molecular flexibility index (Phi) is 5.45. The molecule has 2 aromatic heterocycles. The summed E-state index contributed by atoms with van der Waals surface area (Å²) in [4.78, 5) is 4.22. The lowest BCUT2D eigenvalue weighted by Crippen LogP contribution is -2.05. The van der Waals surface area contributed by atoms with E-state index in [2.05, 4.69) is 27.3 Å². The number of benzene rings is 1. The lowest BCUT2D eigenvalue weighted by Gasteiger charge is -2.15. The van der Waals surface area contributed by atoms with Crippen LogP contribution in [0.25, 0.3) is 5.69 Å². The highest BCUT2D eigenvalue weighted by Crippen LogP contribution is 2.27. The van der Waals surface area contributed by atoms with Gasteiger partial charge in [-0.2, -0.15) is 0 Å². The van der Waals surface area contributed by atoms with E-state index in [-0.39, 0.29) is 6.10 Å². The number of methoxy groups -OCH3 is 2. The molecule has 24 heavy (non-hydrogen) atoms. The maximum Gasteiger partial charge on any atom is 0.213 e. The van der Waals surface area contributed by atoms with E-state index in [0.29, 0.717) is 5.88 Å². The van der Waals surface area contributed by atoms with Gasteiger partial charge in [0.15, 0.2) is 5.16 Å². The van der Waals surface area contributed by atoms with Gasteiger partial charge in [-0.1, -0.05) is 42.1 Å². The van der Waals surface area contributed by atoms with Gasteiger partial charge in [0.25, 0.3) is 0 Å². The van der Waals surface area contributed by atoms with Gasteiger partial charge in [-0.25, -0.2) is 4.98 Å². The third-order valence-electron chi connectivity index (χ3n) is 3.54. The summed E-state index contributed by atoms with van der Waals surface area (Å²) in [5, 5.41) is 9.00. The topological polar surface area (TPSA) is 62.1 Å². The Balaban J connectivity index is 1.73. The fourth-order valence-corrected chi connectivity index (χ4v) is 3.28. The zero-order valence-electron chi connectivity index (χ0n) is 13.5. The molecule has 0 aliphatic rings. The van der Waals surface area contributed by atoms with E-state index in [0.717, 1.165) is 22.2 Å². The Hall–Kier alpha value is -2.38. The summed E-state index contributed by atoms with van der Waals surface area (Å²) in [7, 11) is 3.31. The largest absolute Gasteiger partial charge is 0.481 e. The molecule has 3 rings (SSSR count). The first-order valence-electron chi connectivity index (χ1n) is 7.43. The number of rotatable bonds is 7. The van der Waals surface area contributed by atoms with E-state index in [1.54, 1.807) is 38.5 Å². The molecule has 0 radical (unpaired) electrons.